The van der Waals surface area contributed by atoms with Crippen molar-refractivity contribution in [3.63, 3.8) is 0 Å². The highest BCUT2D eigenvalue weighted by atomic mass is 16.3. The number of likely N-dealkylation sites (tertiary alicyclic amines) is 1. The number of amides is 1. The van der Waals surface area contributed by atoms with Crippen LogP contribution < -0.4 is 0 Å². The first kappa shape index (κ1) is 20.8. The van der Waals surface area contributed by atoms with Gasteiger partial charge in [-0.1, -0.05) is 44.6 Å². The molecule has 0 aromatic rings. The molecular formula is C23H33NO4. The van der Waals surface area contributed by atoms with E-state index in [0.29, 0.717) is 11.8 Å². The molecule has 2 N–H and O–H groups in total. The molecule has 0 radical (unpaired) electrons. The van der Waals surface area contributed by atoms with E-state index in [9.17, 15) is 19.8 Å². The second-order valence-electron chi connectivity index (χ2n) is 9.10. The maximum atomic E-state index is 13.0. The van der Waals surface area contributed by atoms with E-state index in [1.807, 2.05) is 26.0 Å². The van der Waals surface area contributed by atoms with Crippen LogP contribution in [0.3, 0.4) is 0 Å². The van der Waals surface area contributed by atoms with Gasteiger partial charge in [0.1, 0.15) is 17.4 Å². The Bertz CT molecular complexity index is 750. The minimum absolute atomic E-state index is 0.0869. The van der Waals surface area contributed by atoms with Gasteiger partial charge in [-0.2, -0.15) is 0 Å². The molecule has 1 saturated heterocycles. The molecule has 1 aliphatic heterocycles. The van der Waals surface area contributed by atoms with E-state index in [1.165, 1.54) is 18.9 Å². The molecule has 5 heteroatoms. The van der Waals surface area contributed by atoms with Crippen LogP contribution in [0.25, 0.3) is 0 Å². The van der Waals surface area contributed by atoms with Crippen molar-refractivity contribution in [3.05, 3.63) is 35.6 Å². The number of carbonyl (C=O) groups excluding carboxylic acids is 2. The quantitative estimate of drug-likeness (QED) is 0.337. The smallest absolute Gasteiger partial charge is 0.261 e. The van der Waals surface area contributed by atoms with Crippen molar-refractivity contribution in [1.29, 1.82) is 0 Å². The topological polar surface area (TPSA) is 77.8 Å². The summed E-state index contributed by atoms with van der Waals surface area (Å²) < 4.78 is 0. The van der Waals surface area contributed by atoms with Crippen LogP contribution in [-0.2, 0) is 9.59 Å². The lowest BCUT2D eigenvalue weighted by molar-refractivity contribution is -0.128. The number of ketones is 1. The van der Waals surface area contributed by atoms with Crippen LogP contribution >= 0.6 is 0 Å². The van der Waals surface area contributed by atoms with E-state index in [0.717, 1.165) is 19.3 Å². The summed E-state index contributed by atoms with van der Waals surface area (Å²) in [7, 11) is 1.51. The third-order valence-electron chi connectivity index (χ3n) is 7.26. The molecule has 3 rings (SSSR count). The Morgan fingerprint density at radius 3 is 2.57 bits per heavy atom. The molecule has 2 unspecified atom stereocenters. The molecule has 5 nitrogen and oxygen atoms in total. The molecule has 3 aliphatic rings. The number of allylic oxidation sites excluding steroid dienone is 5. The molecule has 1 amide bonds. The minimum atomic E-state index is -0.986. The fraction of sp³-hybridized carbons (Fsp3) is 0.652. The SMILES string of the molecule is C/C=C/[C@@H]1C=C[C@@H]2C[C@@H](C)CC[C@@H]2[C@]1(C)/C(O)=C1\C(=O)C(C(C)O)N(C)C1=O. The van der Waals surface area contributed by atoms with E-state index < -0.39 is 29.3 Å². The van der Waals surface area contributed by atoms with Crippen molar-refractivity contribution in [2.45, 2.75) is 59.1 Å². The first-order chi connectivity index (χ1) is 13.1. The number of rotatable bonds is 3. The van der Waals surface area contributed by atoms with Gasteiger partial charge in [-0.3, -0.25) is 9.59 Å². The summed E-state index contributed by atoms with van der Waals surface area (Å²) in [6.07, 6.45) is 10.5. The summed E-state index contributed by atoms with van der Waals surface area (Å²) in [5.41, 5.74) is -0.862. The Hall–Kier alpha value is -1.88. The number of hydrogen-bond donors (Lipinski definition) is 2. The number of fused-ring (bicyclic) bond motifs is 1. The van der Waals surface area contributed by atoms with Gasteiger partial charge in [0.05, 0.1) is 6.10 Å². The van der Waals surface area contributed by atoms with Gasteiger partial charge in [-0.05, 0) is 44.4 Å². The summed E-state index contributed by atoms with van der Waals surface area (Å²) in [6.45, 7) is 7.69. The van der Waals surface area contributed by atoms with Gasteiger partial charge in [-0.15, -0.1) is 0 Å². The van der Waals surface area contributed by atoms with Gasteiger partial charge in [0.2, 0.25) is 0 Å². The third kappa shape index (κ3) is 3.04. The van der Waals surface area contributed by atoms with Crippen molar-refractivity contribution in [2.75, 3.05) is 7.05 Å². The van der Waals surface area contributed by atoms with Gasteiger partial charge < -0.3 is 15.1 Å². The zero-order valence-electron chi connectivity index (χ0n) is 17.6. The van der Waals surface area contributed by atoms with E-state index in [4.69, 9.17) is 0 Å². The molecule has 154 valence electrons. The molecule has 2 fully saturated rings. The Morgan fingerprint density at radius 1 is 1.32 bits per heavy atom. The predicted octanol–water partition coefficient (Wildman–Crippen LogP) is 3.41. The fourth-order valence-corrected chi connectivity index (χ4v) is 5.66. The Balaban J connectivity index is 2.14. The number of carbonyl (C=O) groups is 2. The van der Waals surface area contributed by atoms with Crippen molar-refractivity contribution in [3.8, 4) is 0 Å². The van der Waals surface area contributed by atoms with Crippen molar-refractivity contribution >= 4 is 11.7 Å². The maximum absolute atomic E-state index is 13.0. The molecule has 0 bridgehead atoms. The molecule has 0 spiro atoms. The molecular weight excluding hydrogens is 354 g/mol. The highest BCUT2D eigenvalue weighted by Crippen LogP contribution is 2.56. The van der Waals surface area contributed by atoms with Crippen molar-refractivity contribution < 1.29 is 19.8 Å². The van der Waals surface area contributed by atoms with Crippen LogP contribution in [0.1, 0.15) is 47.0 Å². The Morgan fingerprint density at radius 2 is 2.00 bits per heavy atom. The highest BCUT2D eigenvalue weighted by Gasteiger charge is 2.54. The first-order valence-electron chi connectivity index (χ1n) is 10.4. The lowest BCUT2D eigenvalue weighted by atomic mass is 9.54. The number of hydrogen-bond acceptors (Lipinski definition) is 4. The zero-order valence-corrected chi connectivity index (χ0v) is 17.6. The second kappa shape index (κ2) is 7.51. The van der Waals surface area contributed by atoms with Crippen molar-refractivity contribution in [2.24, 2.45) is 29.1 Å². The molecule has 1 heterocycles. The number of Topliss-reactive ketones (excluding diaryl/α,β-unsaturated/α-hetero) is 1. The third-order valence-corrected chi connectivity index (χ3v) is 7.26. The Kier molecular flexibility index (Phi) is 5.59. The number of nitrogens with zero attached hydrogens (tertiary/aromatic N) is 1. The summed E-state index contributed by atoms with van der Waals surface area (Å²) in [6, 6.07) is -0.935. The van der Waals surface area contributed by atoms with Crippen LogP contribution in [-0.4, -0.2) is 46.0 Å². The largest absolute Gasteiger partial charge is 0.511 e. The monoisotopic (exact) mass is 387 g/mol. The van der Waals surface area contributed by atoms with E-state index in [1.54, 1.807) is 0 Å². The summed E-state index contributed by atoms with van der Waals surface area (Å²) in [5, 5.41) is 21.5. The predicted molar refractivity (Wildman–Crippen MR) is 108 cm³/mol. The molecule has 1 saturated carbocycles. The lowest BCUT2D eigenvalue weighted by Gasteiger charge is -2.50. The zero-order chi connectivity index (χ0) is 20.8. The summed E-state index contributed by atoms with van der Waals surface area (Å²) in [5.74, 6) is -0.0388. The van der Waals surface area contributed by atoms with Crippen molar-refractivity contribution in [1.82, 2.24) is 4.90 Å². The fourth-order valence-electron chi connectivity index (χ4n) is 5.66. The van der Waals surface area contributed by atoms with Crippen LogP contribution in [0.2, 0.25) is 0 Å². The molecule has 0 aromatic heterocycles. The standard InChI is InChI=1S/C23H33NO4/c1-6-7-16-10-9-15-12-13(2)8-11-17(15)23(16,4)21(27)18-20(26)19(14(3)25)24(5)22(18)28/h6-7,9-10,13-17,19,25,27H,8,11-12H2,1-5H3/b7-6+,21-18-/t13-,14?,15+,16+,17-,19?,23+/m0/s1. The van der Waals surface area contributed by atoms with Gasteiger partial charge in [0.15, 0.2) is 5.78 Å². The van der Waals surface area contributed by atoms with E-state index in [-0.39, 0.29) is 23.2 Å². The highest BCUT2D eigenvalue weighted by molar-refractivity contribution is 6.27. The van der Waals surface area contributed by atoms with Gasteiger partial charge >= 0.3 is 0 Å². The summed E-state index contributed by atoms with van der Waals surface area (Å²) >= 11 is 0. The van der Waals surface area contributed by atoms with Gasteiger partial charge in [-0.25, -0.2) is 0 Å². The number of likely N-dealkylation sites (N-methyl/N-ethyl adjacent to an activating group) is 1. The van der Waals surface area contributed by atoms with Crippen LogP contribution in [0, 0.1) is 29.1 Å². The molecule has 28 heavy (non-hydrogen) atoms. The van der Waals surface area contributed by atoms with Crippen LogP contribution in [0.5, 0.6) is 0 Å². The number of aliphatic hydroxyl groups is 2. The average molecular weight is 388 g/mol. The van der Waals surface area contributed by atoms with Crippen LogP contribution in [0.4, 0.5) is 0 Å². The van der Waals surface area contributed by atoms with Gasteiger partial charge in [0.25, 0.3) is 5.91 Å². The number of aliphatic hydroxyl groups excluding tert-OH is 2. The summed E-state index contributed by atoms with van der Waals surface area (Å²) in [4.78, 5) is 27.1. The first-order valence-corrected chi connectivity index (χ1v) is 10.4. The normalized spacial score (nSPS) is 41.5. The molecule has 2 aliphatic carbocycles. The maximum Gasteiger partial charge on any atom is 0.261 e. The minimum Gasteiger partial charge on any atom is -0.511 e. The second-order valence-corrected chi connectivity index (χ2v) is 9.10. The lowest BCUT2D eigenvalue weighted by Crippen LogP contribution is -2.45. The average Bonchev–Trinajstić information content (AvgIpc) is 2.85. The molecule has 0 aromatic carbocycles. The van der Waals surface area contributed by atoms with Gasteiger partial charge in [0, 0.05) is 18.4 Å². The van der Waals surface area contributed by atoms with Crippen LogP contribution in [0.15, 0.2) is 35.6 Å². The Labute approximate surface area is 167 Å². The van der Waals surface area contributed by atoms with E-state index in [2.05, 4.69) is 19.1 Å². The van der Waals surface area contributed by atoms with E-state index >= 15 is 0 Å². The molecule has 7 atom stereocenters.